The molecule has 4 rings (SSSR count). The topological polar surface area (TPSA) is 75.7 Å². The first-order chi connectivity index (χ1) is 16.4. The van der Waals surface area contributed by atoms with E-state index in [1.807, 2.05) is 13.8 Å². The van der Waals surface area contributed by atoms with Crippen molar-refractivity contribution in [3.05, 3.63) is 89.0 Å². The summed E-state index contributed by atoms with van der Waals surface area (Å²) in [4.78, 5) is 13.0. The summed E-state index contributed by atoms with van der Waals surface area (Å²) in [6.45, 7) is 3.19. The number of nitrogens with one attached hydrogen (secondary N) is 1. The lowest BCUT2D eigenvalue weighted by atomic mass is 10.1. The molecule has 1 aliphatic heterocycles. The summed E-state index contributed by atoms with van der Waals surface area (Å²) in [6.07, 6.45) is -5.70. The van der Waals surface area contributed by atoms with Gasteiger partial charge in [-0.15, -0.1) is 0 Å². The molecule has 3 aromatic rings. The molecule has 1 amide bonds. The number of nitrogens with zero attached hydrogens (tertiary/aromatic N) is 1. The van der Waals surface area contributed by atoms with Crippen LogP contribution in [0.2, 0.25) is 0 Å². The Labute approximate surface area is 201 Å². The third kappa shape index (κ3) is 5.27. The maximum atomic E-state index is 13.5. The standard InChI is InChI=1S/C25H23F3N2O4S/c1-16-6-9-20(10-7-16)35(32,33)30-15-23(34-22-11-8-17(2)12-21(22)30)24(31)29-14-18-4-3-5-19(13-18)25(26,27)28/h3-13,23H,14-15H2,1-2H3,(H,29,31). The number of fused-ring (bicyclic) bond motifs is 1. The molecule has 1 aliphatic rings. The fourth-order valence-corrected chi connectivity index (χ4v) is 5.19. The van der Waals surface area contributed by atoms with Gasteiger partial charge in [0.2, 0.25) is 0 Å². The third-order valence-corrected chi connectivity index (χ3v) is 7.40. The van der Waals surface area contributed by atoms with Crippen molar-refractivity contribution in [2.75, 3.05) is 10.8 Å². The number of amides is 1. The SMILES string of the molecule is Cc1ccc(S(=O)(=O)N2CC(C(=O)NCc3cccc(C(F)(F)F)c3)Oc3ccc(C)cc32)cc1. The first-order valence-corrected chi connectivity index (χ1v) is 12.2. The zero-order valence-electron chi connectivity index (χ0n) is 19.0. The molecule has 35 heavy (non-hydrogen) atoms. The van der Waals surface area contributed by atoms with Gasteiger partial charge in [-0.1, -0.05) is 35.9 Å². The average Bonchev–Trinajstić information content (AvgIpc) is 2.81. The van der Waals surface area contributed by atoms with E-state index >= 15 is 0 Å². The van der Waals surface area contributed by atoms with E-state index in [2.05, 4.69) is 5.32 Å². The Kier molecular flexibility index (Phi) is 6.50. The highest BCUT2D eigenvalue weighted by Gasteiger charge is 2.37. The van der Waals surface area contributed by atoms with Crippen molar-refractivity contribution in [1.29, 1.82) is 0 Å². The number of carbonyl (C=O) groups excluding carboxylic acids is 1. The highest BCUT2D eigenvalue weighted by Crippen LogP contribution is 2.38. The lowest BCUT2D eigenvalue weighted by Gasteiger charge is -2.35. The molecule has 0 aliphatic carbocycles. The van der Waals surface area contributed by atoms with Gasteiger partial charge in [-0.2, -0.15) is 13.2 Å². The second-order valence-corrected chi connectivity index (χ2v) is 10.2. The predicted molar refractivity (Wildman–Crippen MR) is 125 cm³/mol. The molecule has 0 radical (unpaired) electrons. The summed E-state index contributed by atoms with van der Waals surface area (Å²) in [5, 5.41) is 2.56. The van der Waals surface area contributed by atoms with Crippen LogP contribution in [-0.2, 0) is 27.5 Å². The second-order valence-electron chi connectivity index (χ2n) is 8.34. The zero-order chi connectivity index (χ0) is 25.4. The Bertz CT molecular complexity index is 1360. The first-order valence-electron chi connectivity index (χ1n) is 10.8. The number of anilines is 1. The van der Waals surface area contributed by atoms with E-state index in [9.17, 15) is 26.4 Å². The number of halogens is 3. The van der Waals surface area contributed by atoms with E-state index in [0.717, 1.165) is 27.6 Å². The van der Waals surface area contributed by atoms with E-state index in [-0.39, 0.29) is 29.3 Å². The van der Waals surface area contributed by atoms with Crippen LogP contribution < -0.4 is 14.4 Å². The molecule has 184 valence electrons. The third-order valence-electron chi connectivity index (χ3n) is 5.61. The van der Waals surface area contributed by atoms with E-state index in [4.69, 9.17) is 4.74 Å². The van der Waals surface area contributed by atoms with Gasteiger partial charge in [0.05, 0.1) is 22.7 Å². The van der Waals surface area contributed by atoms with Crippen molar-refractivity contribution in [1.82, 2.24) is 5.32 Å². The molecule has 0 spiro atoms. The van der Waals surface area contributed by atoms with Gasteiger partial charge in [0.25, 0.3) is 15.9 Å². The van der Waals surface area contributed by atoms with Crippen LogP contribution >= 0.6 is 0 Å². The van der Waals surface area contributed by atoms with Gasteiger partial charge < -0.3 is 10.1 Å². The fourth-order valence-electron chi connectivity index (χ4n) is 3.72. The predicted octanol–water partition coefficient (Wildman–Crippen LogP) is 4.59. The minimum atomic E-state index is -4.50. The quantitative estimate of drug-likeness (QED) is 0.551. The van der Waals surface area contributed by atoms with Gasteiger partial charge in [0.1, 0.15) is 5.75 Å². The van der Waals surface area contributed by atoms with Gasteiger partial charge >= 0.3 is 6.18 Å². The molecule has 0 bridgehead atoms. The molecule has 3 aromatic carbocycles. The number of sulfonamides is 1. The highest BCUT2D eigenvalue weighted by molar-refractivity contribution is 7.92. The minimum Gasteiger partial charge on any atom is -0.476 e. The molecule has 6 nitrogen and oxygen atoms in total. The number of alkyl halides is 3. The van der Waals surface area contributed by atoms with Gasteiger partial charge in [0, 0.05) is 6.54 Å². The molecular formula is C25H23F3N2O4S. The van der Waals surface area contributed by atoms with Crippen molar-refractivity contribution >= 4 is 21.6 Å². The largest absolute Gasteiger partial charge is 0.476 e. The fraction of sp³-hybridized carbons (Fsp3) is 0.240. The van der Waals surface area contributed by atoms with Crippen LogP contribution in [0.3, 0.4) is 0 Å². The molecule has 0 aromatic heterocycles. The molecule has 1 unspecified atom stereocenters. The van der Waals surface area contributed by atoms with Crippen LogP contribution in [0.1, 0.15) is 22.3 Å². The zero-order valence-corrected chi connectivity index (χ0v) is 19.8. The highest BCUT2D eigenvalue weighted by atomic mass is 32.2. The number of aryl methyl sites for hydroxylation is 2. The van der Waals surface area contributed by atoms with Crippen LogP contribution in [0.4, 0.5) is 18.9 Å². The minimum absolute atomic E-state index is 0.0700. The lowest BCUT2D eigenvalue weighted by Crippen LogP contribution is -2.50. The van der Waals surface area contributed by atoms with Crippen LogP contribution in [0.25, 0.3) is 0 Å². The maximum absolute atomic E-state index is 13.5. The summed E-state index contributed by atoms with van der Waals surface area (Å²) in [7, 11) is -4.02. The molecule has 1 N–H and O–H groups in total. The smallest absolute Gasteiger partial charge is 0.416 e. The van der Waals surface area contributed by atoms with Crippen molar-refractivity contribution in [2.45, 2.75) is 37.6 Å². The van der Waals surface area contributed by atoms with Gasteiger partial charge in [-0.25, -0.2) is 8.42 Å². The van der Waals surface area contributed by atoms with Crippen molar-refractivity contribution < 1.29 is 31.1 Å². The summed E-state index contributed by atoms with van der Waals surface area (Å²) in [5.41, 5.74) is 1.45. The van der Waals surface area contributed by atoms with Crippen molar-refractivity contribution in [3.8, 4) is 5.75 Å². The van der Waals surface area contributed by atoms with Crippen LogP contribution in [0.5, 0.6) is 5.75 Å². The summed E-state index contributed by atoms with van der Waals surface area (Å²) < 4.78 is 72.8. The Hall–Kier alpha value is -3.53. The Morgan fingerprint density at radius 1 is 1.03 bits per heavy atom. The monoisotopic (exact) mass is 504 g/mol. The van der Waals surface area contributed by atoms with Crippen LogP contribution in [-0.4, -0.2) is 27.0 Å². The lowest BCUT2D eigenvalue weighted by molar-refractivity contribution is -0.137. The molecule has 1 atom stereocenters. The van der Waals surface area contributed by atoms with E-state index in [1.165, 1.54) is 24.3 Å². The van der Waals surface area contributed by atoms with Crippen LogP contribution in [0, 0.1) is 13.8 Å². The first kappa shape index (κ1) is 24.6. The number of hydrogen-bond donors (Lipinski definition) is 1. The summed E-state index contributed by atoms with van der Waals surface area (Å²) in [5.74, 6) is -0.422. The van der Waals surface area contributed by atoms with Gasteiger partial charge in [0.15, 0.2) is 6.10 Å². The summed E-state index contributed by atoms with van der Waals surface area (Å²) >= 11 is 0. The molecule has 1 heterocycles. The average molecular weight is 505 g/mol. The van der Waals surface area contributed by atoms with Crippen LogP contribution in [0.15, 0.2) is 71.6 Å². The maximum Gasteiger partial charge on any atom is 0.416 e. The number of ether oxygens (including phenoxy) is 1. The summed E-state index contributed by atoms with van der Waals surface area (Å²) in [6, 6.07) is 16.0. The Morgan fingerprint density at radius 2 is 1.71 bits per heavy atom. The van der Waals surface area contributed by atoms with Gasteiger partial charge in [-0.05, 0) is 61.4 Å². The molecular weight excluding hydrogens is 481 g/mol. The molecule has 0 saturated carbocycles. The molecule has 0 saturated heterocycles. The van der Waals surface area contributed by atoms with E-state index in [0.29, 0.717) is 5.69 Å². The Balaban J connectivity index is 1.59. The Morgan fingerprint density at radius 3 is 2.40 bits per heavy atom. The van der Waals surface area contributed by atoms with E-state index < -0.39 is 33.8 Å². The van der Waals surface area contributed by atoms with Crippen molar-refractivity contribution in [2.24, 2.45) is 0 Å². The molecule has 0 fully saturated rings. The number of carbonyl (C=O) groups is 1. The normalized spacial score (nSPS) is 15.8. The molecule has 10 heteroatoms. The number of benzene rings is 3. The van der Waals surface area contributed by atoms with Gasteiger partial charge in [-0.3, -0.25) is 9.10 Å². The second kappa shape index (κ2) is 9.26. The van der Waals surface area contributed by atoms with Crippen molar-refractivity contribution in [3.63, 3.8) is 0 Å². The van der Waals surface area contributed by atoms with E-state index in [1.54, 1.807) is 30.3 Å². The number of rotatable bonds is 5. The number of hydrogen-bond acceptors (Lipinski definition) is 4.